The minimum absolute atomic E-state index is 0. The molecule has 0 atom stereocenters. The third-order valence-electron chi connectivity index (χ3n) is 5.08. The highest BCUT2D eigenvalue weighted by Gasteiger charge is 2.02. The van der Waals surface area contributed by atoms with Crippen LogP contribution in [0.15, 0.2) is 0 Å². The van der Waals surface area contributed by atoms with Gasteiger partial charge in [-0.25, -0.2) is 0 Å². The van der Waals surface area contributed by atoms with Gasteiger partial charge in [0, 0.05) is 12.8 Å². The maximum atomic E-state index is 11.4. The summed E-state index contributed by atoms with van der Waals surface area (Å²) in [5.41, 5.74) is 0. The molecule has 0 radical (unpaired) electrons. The monoisotopic (exact) mass is 667 g/mol. The summed E-state index contributed by atoms with van der Waals surface area (Å²) in [5.74, 6) is -0.698. The molecule has 0 rings (SSSR count). The molecule has 0 spiro atoms. The number of hydrogen-bond donors (Lipinski definition) is 2. The predicted molar refractivity (Wildman–Crippen MR) is 193 cm³/mol. The molecule has 11 heteroatoms. The van der Waals surface area contributed by atoms with Crippen LogP contribution in [-0.4, -0.2) is 66.8 Å². The topological polar surface area (TPSA) is 83.5 Å². The normalized spacial score (nSPS) is 9.41. The Morgan fingerprint density at radius 1 is 0.513 bits per heavy atom. The maximum Gasteiger partial charge on any atom is 0.303 e. The van der Waals surface area contributed by atoms with Crippen LogP contribution in [-0.2, 0) is 14.4 Å². The number of unbranched alkanes of at least 4 members (excludes halogenated alkanes) is 13. The standard InChI is InChI=1S/C21H39NO4.3C2H6S2.CH4/c1-19(23)18-22-20(24)16-14-12-10-8-6-4-2-3-5-7-9-11-13-15-17-21(25)26;3*1-3-4-2;/h2-18H2,1H3,(H,22,24)(H,25,26);3*1-2H3;1H4. The summed E-state index contributed by atoms with van der Waals surface area (Å²) in [6, 6.07) is 0. The van der Waals surface area contributed by atoms with Crippen molar-refractivity contribution in [3.05, 3.63) is 0 Å². The van der Waals surface area contributed by atoms with Gasteiger partial charge in [0.1, 0.15) is 5.78 Å². The third kappa shape index (κ3) is 67.9. The van der Waals surface area contributed by atoms with Crippen molar-refractivity contribution in [2.75, 3.05) is 44.1 Å². The summed E-state index contributed by atoms with van der Waals surface area (Å²) in [4.78, 5) is 32.5. The van der Waals surface area contributed by atoms with Gasteiger partial charge in [-0.15, -0.1) is 0 Å². The van der Waals surface area contributed by atoms with Gasteiger partial charge in [-0.2, -0.15) is 0 Å². The second-order valence-corrected chi connectivity index (χ2v) is 16.3. The Labute approximate surface area is 266 Å². The van der Waals surface area contributed by atoms with E-state index in [1.165, 1.54) is 71.1 Å². The number of amides is 1. The van der Waals surface area contributed by atoms with Crippen molar-refractivity contribution in [2.45, 2.75) is 117 Å². The summed E-state index contributed by atoms with van der Waals surface area (Å²) >= 11 is 0. The minimum Gasteiger partial charge on any atom is -0.481 e. The molecule has 0 saturated carbocycles. The smallest absolute Gasteiger partial charge is 0.303 e. The number of nitrogens with one attached hydrogen (secondary N) is 1. The van der Waals surface area contributed by atoms with Gasteiger partial charge in [0.25, 0.3) is 0 Å². The summed E-state index contributed by atoms with van der Waals surface area (Å²) in [5, 5.41) is 11.2. The van der Waals surface area contributed by atoms with Crippen LogP contribution in [0, 0.1) is 0 Å². The first-order valence-electron chi connectivity index (χ1n) is 13.4. The maximum absolute atomic E-state index is 11.4. The quantitative estimate of drug-likeness (QED) is 0.0859. The van der Waals surface area contributed by atoms with Crippen LogP contribution in [0.3, 0.4) is 0 Å². The second-order valence-electron chi connectivity index (χ2n) is 8.32. The van der Waals surface area contributed by atoms with Crippen LogP contribution in [0.1, 0.15) is 117 Å². The first-order chi connectivity index (χ1) is 18.3. The van der Waals surface area contributed by atoms with Gasteiger partial charge in [-0.1, -0.05) is 149 Å². The number of carbonyl (C=O) groups excluding carboxylic acids is 2. The molecule has 0 aliphatic carbocycles. The van der Waals surface area contributed by atoms with Crippen LogP contribution in [0.25, 0.3) is 0 Å². The zero-order chi connectivity index (χ0) is 29.7. The van der Waals surface area contributed by atoms with Crippen molar-refractivity contribution in [1.29, 1.82) is 0 Å². The number of hydrogen-bond acceptors (Lipinski definition) is 9. The van der Waals surface area contributed by atoms with E-state index >= 15 is 0 Å². The van der Waals surface area contributed by atoms with E-state index < -0.39 is 5.97 Å². The second kappa shape index (κ2) is 48.4. The molecular weight excluding hydrogens is 607 g/mol. The highest BCUT2D eigenvalue weighted by molar-refractivity contribution is 8.76. The van der Waals surface area contributed by atoms with Gasteiger partial charge in [0.05, 0.1) is 6.54 Å². The van der Waals surface area contributed by atoms with Crippen molar-refractivity contribution < 1.29 is 19.5 Å². The minimum atomic E-state index is -0.680. The number of ketones is 1. The number of Topliss-reactive ketones (excluding diaryl/α,β-unsaturated/α-hetero) is 1. The molecule has 0 bridgehead atoms. The highest BCUT2D eigenvalue weighted by Crippen LogP contribution is 2.14. The molecule has 0 aliphatic rings. The number of aliphatic carboxylic acids is 1. The molecule has 0 aromatic rings. The lowest BCUT2D eigenvalue weighted by Crippen LogP contribution is -2.27. The van der Waals surface area contributed by atoms with Gasteiger partial charge in [0.15, 0.2) is 0 Å². The summed E-state index contributed by atoms with van der Waals surface area (Å²) < 4.78 is 0. The van der Waals surface area contributed by atoms with Crippen LogP contribution in [0.4, 0.5) is 0 Å². The molecule has 0 saturated heterocycles. The molecule has 39 heavy (non-hydrogen) atoms. The molecular formula is C28H61NO4S6. The van der Waals surface area contributed by atoms with Gasteiger partial charge in [-0.3, -0.25) is 14.4 Å². The highest BCUT2D eigenvalue weighted by atomic mass is 33.1. The SMILES string of the molecule is C.CC(=O)CNC(=O)CCCCCCCCCCCCCCCCC(=O)O.CSSC.CSSC.CSSC. The molecule has 5 nitrogen and oxygen atoms in total. The summed E-state index contributed by atoms with van der Waals surface area (Å²) in [6.45, 7) is 1.63. The van der Waals surface area contributed by atoms with E-state index in [0.717, 1.165) is 25.7 Å². The molecule has 0 fully saturated rings. The molecule has 1 amide bonds. The Kier molecular flexibility index (Phi) is 61.3. The number of rotatable bonds is 22. The zero-order valence-electron chi connectivity index (χ0n) is 25.1. The fourth-order valence-electron chi connectivity index (χ4n) is 2.99. The van der Waals surface area contributed by atoms with E-state index in [1.807, 2.05) is 0 Å². The third-order valence-corrected chi connectivity index (χ3v) is 9.08. The Balaban J connectivity index is -0.000000247. The molecule has 238 valence electrons. The lowest BCUT2D eigenvalue weighted by Gasteiger charge is -2.04. The van der Waals surface area contributed by atoms with Crippen molar-refractivity contribution in [3.63, 3.8) is 0 Å². The van der Waals surface area contributed by atoms with Crippen molar-refractivity contribution >= 4 is 82.4 Å². The van der Waals surface area contributed by atoms with E-state index in [0.29, 0.717) is 12.8 Å². The Morgan fingerprint density at radius 3 is 1.00 bits per heavy atom. The van der Waals surface area contributed by atoms with Gasteiger partial charge < -0.3 is 10.4 Å². The average molecular weight is 668 g/mol. The molecule has 0 aromatic heterocycles. The zero-order valence-corrected chi connectivity index (χ0v) is 30.0. The van der Waals surface area contributed by atoms with Crippen LogP contribution < -0.4 is 5.32 Å². The average Bonchev–Trinajstić information content (AvgIpc) is 2.91. The van der Waals surface area contributed by atoms with Crippen LogP contribution in [0.2, 0.25) is 0 Å². The van der Waals surface area contributed by atoms with Crippen molar-refractivity contribution in [1.82, 2.24) is 5.32 Å². The molecule has 0 unspecified atom stereocenters. The number of carboxylic acids is 1. The first-order valence-corrected chi connectivity index (χ1v) is 22.3. The largest absolute Gasteiger partial charge is 0.481 e. The molecule has 0 heterocycles. The number of carboxylic acid groups (broad SMARTS) is 1. The lowest BCUT2D eigenvalue weighted by molar-refractivity contribution is -0.137. The van der Waals surface area contributed by atoms with Crippen molar-refractivity contribution in [2.24, 2.45) is 0 Å². The lowest BCUT2D eigenvalue weighted by atomic mass is 10.0. The van der Waals surface area contributed by atoms with Gasteiger partial charge in [-0.05, 0) is 57.3 Å². The first kappa shape index (κ1) is 49.4. The molecule has 0 aromatic carbocycles. The molecule has 0 aliphatic heterocycles. The van der Waals surface area contributed by atoms with E-state index in [9.17, 15) is 14.4 Å². The van der Waals surface area contributed by atoms with Crippen LogP contribution >= 0.6 is 64.8 Å². The van der Waals surface area contributed by atoms with E-state index in [1.54, 1.807) is 64.8 Å². The summed E-state index contributed by atoms with van der Waals surface area (Å²) in [7, 11) is 10.6. The van der Waals surface area contributed by atoms with Crippen molar-refractivity contribution in [3.8, 4) is 0 Å². The Bertz CT molecular complexity index is 473. The molecule has 2 N–H and O–H groups in total. The predicted octanol–water partition coefficient (Wildman–Crippen LogP) is 10.5. The van der Waals surface area contributed by atoms with E-state index in [2.05, 4.69) is 42.9 Å². The summed E-state index contributed by atoms with van der Waals surface area (Å²) in [6.07, 6.45) is 29.7. The van der Waals surface area contributed by atoms with Gasteiger partial charge >= 0.3 is 5.97 Å². The fraction of sp³-hybridized carbons (Fsp3) is 0.893. The Morgan fingerprint density at radius 2 is 0.769 bits per heavy atom. The van der Waals surface area contributed by atoms with Crippen LogP contribution in [0.5, 0.6) is 0 Å². The van der Waals surface area contributed by atoms with E-state index in [-0.39, 0.29) is 25.7 Å². The van der Waals surface area contributed by atoms with Gasteiger partial charge in [0.2, 0.25) is 5.91 Å². The Hall–Kier alpha value is 0.710. The number of carbonyl (C=O) groups is 3. The fourth-order valence-corrected chi connectivity index (χ4v) is 2.99. The van der Waals surface area contributed by atoms with E-state index in [4.69, 9.17) is 5.11 Å².